The number of nitrogens with one attached hydrogen (secondary N) is 2. The molecule has 0 fully saturated rings. The van der Waals surface area contributed by atoms with Gasteiger partial charge in [-0.2, -0.15) is 0 Å². The van der Waals surface area contributed by atoms with Crippen molar-refractivity contribution >= 4 is 28.5 Å². The zero-order valence-corrected chi connectivity index (χ0v) is 18.6. The number of nitrogens with zero attached hydrogens (tertiary/aromatic N) is 1. The van der Waals surface area contributed by atoms with E-state index >= 15 is 0 Å². The summed E-state index contributed by atoms with van der Waals surface area (Å²) in [6, 6.07) is 18.9. The fourth-order valence-electron chi connectivity index (χ4n) is 4.69. The van der Waals surface area contributed by atoms with Crippen LogP contribution in [0.2, 0.25) is 0 Å². The lowest BCUT2D eigenvalue weighted by Crippen LogP contribution is -2.25. The van der Waals surface area contributed by atoms with Crippen molar-refractivity contribution in [2.75, 3.05) is 29.5 Å². The summed E-state index contributed by atoms with van der Waals surface area (Å²) in [6.45, 7) is 4.63. The van der Waals surface area contributed by atoms with Gasteiger partial charge in [0.15, 0.2) is 0 Å². The normalized spacial score (nSPS) is 17.1. The second-order valence-electron chi connectivity index (χ2n) is 8.77. The van der Waals surface area contributed by atoms with E-state index in [1.807, 2.05) is 37.3 Å². The van der Waals surface area contributed by atoms with Crippen LogP contribution < -0.4 is 16.4 Å². The number of rotatable bonds is 4. The Hall–Kier alpha value is -3.64. The van der Waals surface area contributed by atoms with Crippen LogP contribution in [0.15, 0.2) is 66.4 Å². The number of fused-ring (bicyclic) bond motifs is 2. The first kappa shape index (κ1) is 21.2. The predicted molar refractivity (Wildman–Crippen MR) is 131 cm³/mol. The number of benzene rings is 3. The molecular formula is C27H27FN4O. The molecular weight excluding hydrogens is 415 g/mol. The van der Waals surface area contributed by atoms with E-state index in [0.717, 1.165) is 60.7 Å². The first-order valence-corrected chi connectivity index (χ1v) is 11.2. The van der Waals surface area contributed by atoms with E-state index in [1.165, 1.54) is 11.1 Å². The molecule has 5 rings (SSSR count). The molecule has 0 bridgehead atoms. The topological polar surface area (TPSA) is 70.4 Å². The third kappa shape index (κ3) is 4.47. The minimum atomic E-state index is -0.155. The van der Waals surface area contributed by atoms with E-state index < -0.39 is 0 Å². The molecule has 6 heteroatoms. The van der Waals surface area contributed by atoms with Gasteiger partial charge in [0, 0.05) is 48.0 Å². The number of carbonyl (C=O) groups is 1. The highest BCUT2D eigenvalue weighted by atomic mass is 19.1. The summed E-state index contributed by atoms with van der Waals surface area (Å²) in [6.07, 6.45) is 1.81. The zero-order chi connectivity index (χ0) is 22.9. The van der Waals surface area contributed by atoms with Gasteiger partial charge in [0.25, 0.3) is 5.91 Å². The Labute approximate surface area is 193 Å². The largest absolute Gasteiger partial charge is 0.399 e. The van der Waals surface area contributed by atoms with Crippen LogP contribution in [0.5, 0.6) is 0 Å². The number of nitrogens with two attached hydrogens (primary N) is 1. The molecule has 5 nitrogen and oxygen atoms in total. The molecule has 0 aliphatic carbocycles. The van der Waals surface area contributed by atoms with Crippen LogP contribution >= 0.6 is 0 Å². The minimum absolute atomic E-state index is 0.126. The molecule has 0 radical (unpaired) electrons. The second-order valence-corrected chi connectivity index (χ2v) is 8.77. The highest BCUT2D eigenvalue weighted by molar-refractivity contribution is 6.32. The summed E-state index contributed by atoms with van der Waals surface area (Å²) in [5.41, 5.74) is 14.1. The van der Waals surface area contributed by atoms with Gasteiger partial charge in [0.1, 0.15) is 5.82 Å². The molecule has 0 aromatic heterocycles. The van der Waals surface area contributed by atoms with Crippen LogP contribution in [0.25, 0.3) is 5.57 Å². The number of amides is 1. The molecule has 0 saturated carbocycles. The number of allylic oxidation sites excluding steroid dienone is 1. The van der Waals surface area contributed by atoms with Gasteiger partial charge in [-0.15, -0.1) is 0 Å². The first-order chi connectivity index (χ1) is 16.0. The maximum atomic E-state index is 13.6. The Morgan fingerprint density at radius 2 is 1.79 bits per heavy atom. The van der Waals surface area contributed by atoms with E-state index in [1.54, 1.807) is 18.2 Å². The first-order valence-electron chi connectivity index (χ1n) is 11.2. The maximum absolute atomic E-state index is 13.6. The van der Waals surface area contributed by atoms with Crippen LogP contribution in [0.1, 0.15) is 29.2 Å². The molecule has 0 atom stereocenters. The van der Waals surface area contributed by atoms with Crippen molar-refractivity contribution in [2.45, 2.75) is 26.3 Å². The SMILES string of the molecule is C/C(Nc1ccc(CN2CCc3ccc(F)cc3CC2)cc1)=C1/C(=O)Nc2ccc(N)cc21. The summed E-state index contributed by atoms with van der Waals surface area (Å²) >= 11 is 0. The quantitative estimate of drug-likeness (QED) is 0.401. The molecule has 2 aliphatic rings. The van der Waals surface area contributed by atoms with Gasteiger partial charge in [-0.05, 0) is 78.9 Å². The molecule has 2 heterocycles. The van der Waals surface area contributed by atoms with Crippen molar-refractivity contribution < 1.29 is 9.18 Å². The second kappa shape index (κ2) is 8.71. The smallest absolute Gasteiger partial charge is 0.258 e. The van der Waals surface area contributed by atoms with Crippen LogP contribution in [0.3, 0.4) is 0 Å². The lowest BCUT2D eigenvalue weighted by atomic mass is 10.0. The van der Waals surface area contributed by atoms with E-state index in [-0.39, 0.29) is 11.7 Å². The number of hydrogen-bond donors (Lipinski definition) is 3. The maximum Gasteiger partial charge on any atom is 0.258 e. The Morgan fingerprint density at radius 3 is 2.58 bits per heavy atom. The van der Waals surface area contributed by atoms with Crippen molar-refractivity contribution in [2.24, 2.45) is 0 Å². The number of nitrogen functional groups attached to an aromatic ring is 1. The summed E-state index contributed by atoms with van der Waals surface area (Å²) < 4.78 is 13.6. The van der Waals surface area contributed by atoms with Crippen LogP contribution in [-0.2, 0) is 24.2 Å². The number of halogens is 1. The molecule has 1 amide bonds. The zero-order valence-electron chi connectivity index (χ0n) is 18.6. The van der Waals surface area contributed by atoms with Gasteiger partial charge >= 0.3 is 0 Å². The predicted octanol–water partition coefficient (Wildman–Crippen LogP) is 4.80. The van der Waals surface area contributed by atoms with E-state index in [2.05, 4.69) is 27.7 Å². The number of anilines is 3. The molecule has 168 valence electrons. The van der Waals surface area contributed by atoms with Gasteiger partial charge in [0.2, 0.25) is 0 Å². The summed E-state index contributed by atoms with van der Waals surface area (Å²) in [5, 5.41) is 6.25. The summed E-state index contributed by atoms with van der Waals surface area (Å²) in [4.78, 5) is 14.9. The van der Waals surface area contributed by atoms with Crippen molar-refractivity contribution in [1.29, 1.82) is 0 Å². The standard InChI is InChI=1S/C27H27FN4O/c1-17(26-24-15-22(29)6-9-25(24)31-27(26)33)30-23-7-2-18(3-8-23)16-32-12-10-19-4-5-21(28)14-20(19)11-13-32/h2-9,14-15,30H,10-13,16,29H2,1H3,(H,31,33)/b26-17-. The average molecular weight is 443 g/mol. The summed E-state index contributed by atoms with van der Waals surface area (Å²) in [5.74, 6) is -0.281. The van der Waals surface area contributed by atoms with Crippen molar-refractivity contribution in [3.8, 4) is 0 Å². The van der Waals surface area contributed by atoms with Crippen molar-refractivity contribution in [3.05, 3.63) is 94.4 Å². The Bertz CT molecular complexity index is 1250. The highest BCUT2D eigenvalue weighted by Crippen LogP contribution is 2.35. The Balaban J connectivity index is 1.26. The van der Waals surface area contributed by atoms with E-state index in [0.29, 0.717) is 11.3 Å². The number of carbonyl (C=O) groups excluding carboxylic acids is 1. The average Bonchev–Trinajstić information content (AvgIpc) is 2.99. The van der Waals surface area contributed by atoms with E-state index in [4.69, 9.17) is 5.73 Å². The van der Waals surface area contributed by atoms with Gasteiger partial charge in [-0.3, -0.25) is 9.69 Å². The summed E-state index contributed by atoms with van der Waals surface area (Å²) in [7, 11) is 0. The molecule has 0 spiro atoms. The molecule has 4 N–H and O–H groups in total. The van der Waals surface area contributed by atoms with Crippen molar-refractivity contribution in [3.63, 3.8) is 0 Å². The van der Waals surface area contributed by atoms with Gasteiger partial charge in [-0.25, -0.2) is 4.39 Å². The Kier molecular flexibility index (Phi) is 5.60. The minimum Gasteiger partial charge on any atom is -0.399 e. The monoisotopic (exact) mass is 442 g/mol. The molecule has 0 unspecified atom stereocenters. The molecule has 0 saturated heterocycles. The van der Waals surface area contributed by atoms with Crippen molar-refractivity contribution in [1.82, 2.24) is 4.90 Å². The lowest BCUT2D eigenvalue weighted by molar-refractivity contribution is -0.110. The van der Waals surface area contributed by atoms with Gasteiger partial charge in [0.05, 0.1) is 5.57 Å². The third-order valence-electron chi connectivity index (χ3n) is 6.42. The van der Waals surface area contributed by atoms with Crippen LogP contribution in [0.4, 0.5) is 21.5 Å². The van der Waals surface area contributed by atoms with Gasteiger partial charge in [-0.1, -0.05) is 18.2 Å². The molecule has 2 aliphatic heterocycles. The van der Waals surface area contributed by atoms with Gasteiger partial charge < -0.3 is 16.4 Å². The fraction of sp³-hybridized carbons (Fsp3) is 0.222. The fourth-order valence-corrected chi connectivity index (χ4v) is 4.69. The molecule has 3 aromatic rings. The van der Waals surface area contributed by atoms with Crippen LogP contribution in [-0.4, -0.2) is 23.9 Å². The lowest BCUT2D eigenvalue weighted by Gasteiger charge is -2.20. The highest BCUT2D eigenvalue weighted by Gasteiger charge is 2.26. The van der Waals surface area contributed by atoms with E-state index in [9.17, 15) is 9.18 Å². The molecule has 33 heavy (non-hydrogen) atoms. The Morgan fingerprint density at radius 1 is 1.03 bits per heavy atom. The van der Waals surface area contributed by atoms with Crippen LogP contribution in [0, 0.1) is 5.82 Å². The molecule has 3 aromatic carbocycles. The third-order valence-corrected chi connectivity index (χ3v) is 6.42. The number of hydrogen-bond acceptors (Lipinski definition) is 4.